The zero-order valence-electron chi connectivity index (χ0n) is 16.3. The van der Waals surface area contributed by atoms with Crippen LogP contribution in [0.4, 0.5) is 14.5 Å². The molecule has 9 heteroatoms. The molecule has 1 aliphatic rings. The largest absolute Gasteiger partial charge is 0.489 e. The van der Waals surface area contributed by atoms with Crippen LogP contribution in [0.2, 0.25) is 10.0 Å². The first-order valence-corrected chi connectivity index (χ1v) is 9.91. The zero-order valence-corrected chi connectivity index (χ0v) is 17.8. The van der Waals surface area contributed by atoms with Gasteiger partial charge >= 0.3 is 6.61 Å². The average molecular weight is 447 g/mol. The summed E-state index contributed by atoms with van der Waals surface area (Å²) in [5.74, 6) is -0.0658. The summed E-state index contributed by atoms with van der Waals surface area (Å²) < 4.78 is 35.3. The first kappa shape index (κ1) is 23.2. The van der Waals surface area contributed by atoms with Crippen LogP contribution in [0.1, 0.15) is 37.0 Å². The number of halogens is 4. The lowest BCUT2D eigenvalue weighted by Gasteiger charge is -2.20. The van der Waals surface area contributed by atoms with E-state index in [1.54, 1.807) is 0 Å². The second-order valence-corrected chi connectivity index (χ2v) is 6.92. The number of nitrogens with zero attached hydrogens (tertiary/aromatic N) is 2. The van der Waals surface area contributed by atoms with Crippen LogP contribution in [-0.2, 0) is 0 Å². The molecular formula is C20H22Cl2F2N2O3. The molecule has 1 fully saturated rings. The number of rotatable bonds is 7. The van der Waals surface area contributed by atoms with Gasteiger partial charge in [-0.25, -0.2) is 0 Å². The lowest BCUT2D eigenvalue weighted by atomic mass is 10.1. The Morgan fingerprint density at radius 3 is 2.38 bits per heavy atom. The third kappa shape index (κ3) is 6.18. The normalized spacial score (nSPS) is 12.8. The number of benzene rings is 1. The summed E-state index contributed by atoms with van der Waals surface area (Å²) in [6, 6.07) is 4.04. The van der Waals surface area contributed by atoms with Crippen LogP contribution in [0, 0.1) is 5.92 Å². The molecule has 158 valence electrons. The Morgan fingerprint density at radius 2 is 1.83 bits per heavy atom. The molecule has 0 saturated heterocycles. The number of hydrogen-bond acceptors (Lipinski definition) is 4. The van der Waals surface area contributed by atoms with Crippen molar-refractivity contribution in [3.05, 3.63) is 46.2 Å². The number of aromatic nitrogens is 1. The molecule has 29 heavy (non-hydrogen) atoms. The van der Waals surface area contributed by atoms with E-state index in [2.05, 4.69) is 9.72 Å². The fourth-order valence-corrected chi connectivity index (χ4v) is 3.08. The SMILES string of the molecule is CC.CN(C(=O)c1ccc(OC(F)F)c(OCC2CC2)c1)c1c(Cl)cncc1Cl. The van der Waals surface area contributed by atoms with Crippen LogP contribution < -0.4 is 14.4 Å². The Labute approximate surface area is 178 Å². The molecule has 0 bridgehead atoms. The van der Waals surface area contributed by atoms with Crippen molar-refractivity contribution in [1.29, 1.82) is 0 Å². The second kappa shape index (κ2) is 10.6. The van der Waals surface area contributed by atoms with Gasteiger partial charge in [-0.15, -0.1) is 0 Å². The van der Waals surface area contributed by atoms with Gasteiger partial charge in [0, 0.05) is 25.0 Å². The van der Waals surface area contributed by atoms with E-state index in [-0.39, 0.29) is 27.1 Å². The molecule has 0 radical (unpaired) electrons. The van der Waals surface area contributed by atoms with E-state index in [4.69, 9.17) is 27.9 Å². The van der Waals surface area contributed by atoms with E-state index < -0.39 is 12.5 Å². The van der Waals surface area contributed by atoms with Gasteiger partial charge in [0.05, 0.1) is 22.3 Å². The van der Waals surface area contributed by atoms with Gasteiger partial charge in [-0.3, -0.25) is 9.78 Å². The number of anilines is 1. The van der Waals surface area contributed by atoms with Gasteiger partial charge in [-0.1, -0.05) is 37.0 Å². The molecule has 0 N–H and O–H groups in total. The van der Waals surface area contributed by atoms with Crippen molar-refractivity contribution in [2.24, 2.45) is 5.92 Å². The van der Waals surface area contributed by atoms with E-state index in [0.717, 1.165) is 12.8 Å². The predicted octanol–water partition coefficient (Wildman–Crippen LogP) is 6.08. The summed E-state index contributed by atoms with van der Waals surface area (Å²) in [4.78, 5) is 17.9. The molecule has 1 aromatic carbocycles. The highest BCUT2D eigenvalue weighted by molar-refractivity contribution is 6.39. The molecule has 1 amide bonds. The lowest BCUT2D eigenvalue weighted by molar-refractivity contribution is -0.0515. The highest BCUT2D eigenvalue weighted by Crippen LogP contribution is 2.36. The zero-order chi connectivity index (χ0) is 21.6. The average Bonchev–Trinajstić information content (AvgIpc) is 3.52. The number of carbonyl (C=O) groups excluding carboxylic acids is 1. The van der Waals surface area contributed by atoms with Crippen LogP contribution in [0.3, 0.4) is 0 Å². The van der Waals surface area contributed by atoms with Crippen molar-refractivity contribution in [3.63, 3.8) is 0 Å². The van der Waals surface area contributed by atoms with Crippen molar-refractivity contribution >= 4 is 34.8 Å². The molecule has 3 rings (SSSR count). The third-order valence-electron chi connectivity index (χ3n) is 4.05. The first-order chi connectivity index (χ1) is 13.9. The Morgan fingerprint density at radius 1 is 1.21 bits per heavy atom. The highest BCUT2D eigenvalue weighted by Gasteiger charge is 2.25. The van der Waals surface area contributed by atoms with Crippen molar-refractivity contribution in [2.45, 2.75) is 33.3 Å². The lowest BCUT2D eigenvalue weighted by Crippen LogP contribution is -2.27. The summed E-state index contributed by atoms with van der Waals surface area (Å²) in [6.07, 6.45) is 4.81. The number of pyridine rings is 1. The van der Waals surface area contributed by atoms with Crippen molar-refractivity contribution in [1.82, 2.24) is 4.98 Å². The van der Waals surface area contributed by atoms with Crippen LogP contribution >= 0.6 is 23.2 Å². The first-order valence-electron chi connectivity index (χ1n) is 9.15. The smallest absolute Gasteiger partial charge is 0.387 e. The number of hydrogen-bond donors (Lipinski definition) is 0. The van der Waals surface area contributed by atoms with Crippen LogP contribution in [0.25, 0.3) is 0 Å². The molecule has 1 aromatic heterocycles. The molecule has 0 atom stereocenters. The summed E-state index contributed by atoms with van der Waals surface area (Å²) >= 11 is 12.2. The molecule has 1 aliphatic carbocycles. The van der Waals surface area contributed by atoms with E-state index in [9.17, 15) is 13.6 Å². The maximum Gasteiger partial charge on any atom is 0.387 e. The van der Waals surface area contributed by atoms with E-state index in [1.807, 2.05) is 13.8 Å². The number of amides is 1. The minimum Gasteiger partial charge on any atom is -0.489 e. The molecule has 1 heterocycles. The Kier molecular flexibility index (Phi) is 8.46. The van der Waals surface area contributed by atoms with Crippen LogP contribution in [0.15, 0.2) is 30.6 Å². The van der Waals surface area contributed by atoms with Gasteiger partial charge in [0.25, 0.3) is 5.91 Å². The van der Waals surface area contributed by atoms with Crippen LogP contribution in [0.5, 0.6) is 11.5 Å². The van der Waals surface area contributed by atoms with Gasteiger partial charge in [-0.05, 0) is 37.0 Å². The van der Waals surface area contributed by atoms with Crippen molar-refractivity contribution in [3.8, 4) is 11.5 Å². The molecule has 0 unspecified atom stereocenters. The quantitative estimate of drug-likeness (QED) is 0.516. The van der Waals surface area contributed by atoms with Gasteiger partial charge < -0.3 is 14.4 Å². The molecule has 2 aromatic rings. The molecule has 1 saturated carbocycles. The second-order valence-electron chi connectivity index (χ2n) is 6.11. The van der Waals surface area contributed by atoms with E-state index in [1.165, 1.54) is 42.5 Å². The maximum atomic E-state index is 12.8. The number of alkyl halides is 2. The fraction of sp³-hybridized carbons (Fsp3) is 0.400. The Bertz CT molecular complexity index is 828. The standard InChI is InChI=1S/C18H16Cl2F2N2O3.C2H6/c1-24(16-12(19)7-23-8-13(16)20)17(25)11-4-5-14(27-18(21)22)15(6-11)26-9-10-2-3-10;1-2/h4-8,10,18H,2-3,9H2,1H3;1-2H3. The molecular weight excluding hydrogens is 425 g/mol. The molecule has 0 spiro atoms. The summed E-state index contributed by atoms with van der Waals surface area (Å²) in [7, 11) is 1.50. The van der Waals surface area contributed by atoms with Crippen LogP contribution in [-0.4, -0.2) is 31.2 Å². The van der Waals surface area contributed by atoms with Gasteiger partial charge in [0.2, 0.25) is 0 Å². The molecule has 0 aliphatic heterocycles. The summed E-state index contributed by atoms with van der Waals surface area (Å²) in [5.41, 5.74) is 0.514. The Balaban J connectivity index is 0.00000145. The fourth-order valence-electron chi connectivity index (χ4n) is 2.46. The highest BCUT2D eigenvalue weighted by atomic mass is 35.5. The summed E-state index contributed by atoms with van der Waals surface area (Å²) in [6.45, 7) is 1.39. The topological polar surface area (TPSA) is 51.7 Å². The third-order valence-corrected chi connectivity index (χ3v) is 4.60. The molecule has 5 nitrogen and oxygen atoms in total. The number of carbonyl (C=O) groups is 1. The van der Waals surface area contributed by atoms with E-state index in [0.29, 0.717) is 18.2 Å². The Hall–Kier alpha value is -2.12. The van der Waals surface area contributed by atoms with Crippen molar-refractivity contribution < 1.29 is 23.0 Å². The van der Waals surface area contributed by atoms with Crippen molar-refractivity contribution in [2.75, 3.05) is 18.6 Å². The van der Waals surface area contributed by atoms with Gasteiger partial charge in [0.1, 0.15) is 0 Å². The minimum atomic E-state index is -2.99. The number of ether oxygens (including phenoxy) is 2. The maximum absolute atomic E-state index is 12.8. The summed E-state index contributed by atoms with van der Waals surface area (Å²) in [5, 5.41) is 0.419. The monoisotopic (exact) mass is 446 g/mol. The minimum absolute atomic E-state index is 0.0911. The van der Waals surface area contributed by atoms with Gasteiger partial charge in [-0.2, -0.15) is 8.78 Å². The van der Waals surface area contributed by atoms with E-state index >= 15 is 0 Å². The predicted molar refractivity (Wildman–Crippen MR) is 110 cm³/mol. The van der Waals surface area contributed by atoms with Gasteiger partial charge in [0.15, 0.2) is 11.5 Å².